The molecular weight excluding hydrogens is 231 g/mol. The predicted molar refractivity (Wildman–Crippen MR) is 60.7 cm³/mol. The maximum absolute atomic E-state index is 13.5. The van der Waals surface area contributed by atoms with Gasteiger partial charge in [-0.2, -0.15) is 0 Å². The SMILES string of the molecule is CCOc1ccc(F)c(SC)c1C(=O)OC. The third kappa shape index (κ3) is 2.47. The van der Waals surface area contributed by atoms with Crippen molar-refractivity contribution in [2.75, 3.05) is 20.0 Å². The van der Waals surface area contributed by atoms with E-state index in [9.17, 15) is 9.18 Å². The Balaban J connectivity index is 3.34. The lowest BCUT2D eigenvalue weighted by atomic mass is 10.2. The van der Waals surface area contributed by atoms with Crippen LogP contribution in [0.25, 0.3) is 0 Å². The maximum atomic E-state index is 13.5. The Morgan fingerprint density at radius 3 is 2.69 bits per heavy atom. The van der Waals surface area contributed by atoms with Gasteiger partial charge in [0.25, 0.3) is 0 Å². The smallest absolute Gasteiger partial charge is 0.342 e. The van der Waals surface area contributed by atoms with E-state index in [2.05, 4.69) is 4.74 Å². The van der Waals surface area contributed by atoms with Crippen LogP contribution in [0, 0.1) is 5.82 Å². The molecule has 0 aromatic heterocycles. The number of carbonyl (C=O) groups excluding carboxylic acids is 1. The van der Waals surface area contributed by atoms with Crippen molar-refractivity contribution in [3.05, 3.63) is 23.5 Å². The van der Waals surface area contributed by atoms with E-state index >= 15 is 0 Å². The highest BCUT2D eigenvalue weighted by Gasteiger charge is 2.21. The molecule has 0 heterocycles. The van der Waals surface area contributed by atoms with E-state index in [1.807, 2.05) is 0 Å². The Hall–Kier alpha value is -1.23. The van der Waals surface area contributed by atoms with E-state index in [1.54, 1.807) is 13.2 Å². The molecule has 0 bridgehead atoms. The first kappa shape index (κ1) is 12.8. The fraction of sp³-hybridized carbons (Fsp3) is 0.364. The van der Waals surface area contributed by atoms with E-state index in [1.165, 1.54) is 19.2 Å². The first-order valence-electron chi connectivity index (χ1n) is 4.73. The van der Waals surface area contributed by atoms with Gasteiger partial charge in [-0.05, 0) is 25.3 Å². The van der Waals surface area contributed by atoms with Crippen molar-refractivity contribution in [2.45, 2.75) is 11.8 Å². The molecule has 88 valence electrons. The Morgan fingerprint density at radius 1 is 1.50 bits per heavy atom. The highest BCUT2D eigenvalue weighted by atomic mass is 32.2. The largest absolute Gasteiger partial charge is 0.493 e. The lowest BCUT2D eigenvalue weighted by Gasteiger charge is -2.12. The topological polar surface area (TPSA) is 35.5 Å². The van der Waals surface area contributed by atoms with Crippen LogP contribution < -0.4 is 4.74 Å². The van der Waals surface area contributed by atoms with Crippen LogP contribution in [0.3, 0.4) is 0 Å². The van der Waals surface area contributed by atoms with Crippen LogP contribution in [0.2, 0.25) is 0 Å². The van der Waals surface area contributed by atoms with Crippen LogP contribution in [0.1, 0.15) is 17.3 Å². The number of methoxy groups -OCH3 is 1. The molecule has 0 radical (unpaired) electrons. The summed E-state index contributed by atoms with van der Waals surface area (Å²) in [5.74, 6) is -0.691. The normalized spacial score (nSPS) is 10.0. The maximum Gasteiger partial charge on any atom is 0.342 e. The standard InChI is InChI=1S/C11H13FO3S/c1-4-15-8-6-5-7(12)10(16-3)9(8)11(13)14-2/h5-6H,4H2,1-3H3. The van der Waals surface area contributed by atoms with E-state index < -0.39 is 11.8 Å². The monoisotopic (exact) mass is 244 g/mol. The summed E-state index contributed by atoms with van der Waals surface area (Å²) < 4.78 is 23.4. The van der Waals surface area contributed by atoms with Gasteiger partial charge in [0.2, 0.25) is 0 Å². The van der Waals surface area contributed by atoms with Gasteiger partial charge in [0.15, 0.2) is 0 Å². The zero-order chi connectivity index (χ0) is 12.1. The molecule has 0 N–H and O–H groups in total. The minimum absolute atomic E-state index is 0.150. The van der Waals surface area contributed by atoms with Gasteiger partial charge in [0, 0.05) is 0 Å². The molecule has 0 spiro atoms. The molecule has 5 heteroatoms. The molecule has 0 aliphatic rings. The Bertz CT molecular complexity index is 393. The number of hydrogen-bond donors (Lipinski definition) is 0. The quantitative estimate of drug-likeness (QED) is 0.602. The molecule has 1 rings (SSSR count). The lowest BCUT2D eigenvalue weighted by molar-refractivity contribution is 0.0591. The van der Waals surface area contributed by atoms with Crippen LogP contribution >= 0.6 is 11.8 Å². The van der Waals surface area contributed by atoms with Crippen LogP contribution in [-0.2, 0) is 4.74 Å². The highest BCUT2D eigenvalue weighted by molar-refractivity contribution is 7.98. The van der Waals surface area contributed by atoms with Crippen molar-refractivity contribution in [3.63, 3.8) is 0 Å². The summed E-state index contributed by atoms with van der Waals surface area (Å²) in [4.78, 5) is 11.8. The Kier molecular flexibility index (Phi) is 4.61. The van der Waals surface area contributed by atoms with E-state index in [-0.39, 0.29) is 10.5 Å². The Labute approximate surface area is 97.9 Å². The number of halogens is 1. The molecule has 3 nitrogen and oxygen atoms in total. The van der Waals surface area contributed by atoms with Gasteiger partial charge in [-0.3, -0.25) is 0 Å². The van der Waals surface area contributed by atoms with Crippen molar-refractivity contribution in [3.8, 4) is 5.75 Å². The highest BCUT2D eigenvalue weighted by Crippen LogP contribution is 2.32. The number of hydrogen-bond acceptors (Lipinski definition) is 4. The molecule has 0 unspecified atom stereocenters. The molecule has 1 aromatic carbocycles. The second-order valence-corrected chi connectivity index (χ2v) is 3.69. The zero-order valence-electron chi connectivity index (χ0n) is 9.37. The van der Waals surface area contributed by atoms with Gasteiger partial charge in [0.05, 0.1) is 18.6 Å². The molecule has 0 aliphatic heterocycles. The van der Waals surface area contributed by atoms with Crippen LogP contribution in [0.5, 0.6) is 5.75 Å². The minimum Gasteiger partial charge on any atom is -0.493 e. The number of esters is 1. The zero-order valence-corrected chi connectivity index (χ0v) is 10.2. The average molecular weight is 244 g/mol. The molecule has 0 amide bonds. The van der Waals surface area contributed by atoms with Gasteiger partial charge in [-0.15, -0.1) is 11.8 Å². The van der Waals surface area contributed by atoms with Crippen molar-refractivity contribution >= 4 is 17.7 Å². The fourth-order valence-electron chi connectivity index (χ4n) is 1.31. The third-order valence-electron chi connectivity index (χ3n) is 1.96. The minimum atomic E-state index is -0.590. The number of benzene rings is 1. The molecular formula is C11H13FO3S. The second kappa shape index (κ2) is 5.75. The fourth-order valence-corrected chi connectivity index (χ4v) is 1.96. The summed E-state index contributed by atoms with van der Waals surface area (Å²) in [6, 6.07) is 2.72. The summed E-state index contributed by atoms with van der Waals surface area (Å²) in [5.41, 5.74) is 0.150. The summed E-state index contributed by atoms with van der Waals surface area (Å²) in [6.07, 6.45) is 1.70. The van der Waals surface area contributed by atoms with Crippen LogP contribution in [0.15, 0.2) is 17.0 Å². The molecule has 0 atom stereocenters. The molecule has 16 heavy (non-hydrogen) atoms. The van der Waals surface area contributed by atoms with E-state index in [0.29, 0.717) is 12.4 Å². The number of thioether (sulfide) groups is 1. The molecule has 1 aromatic rings. The van der Waals surface area contributed by atoms with Gasteiger partial charge in [-0.25, -0.2) is 9.18 Å². The summed E-state index contributed by atoms with van der Waals surface area (Å²) >= 11 is 1.15. The number of carbonyl (C=O) groups is 1. The summed E-state index contributed by atoms with van der Waals surface area (Å²) in [6.45, 7) is 2.20. The average Bonchev–Trinajstić information content (AvgIpc) is 2.30. The molecule has 0 saturated carbocycles. The van der Waals surface area contributed by atoms with Gasteiger partial charge >= 0.3 is 5.97 Å². The van der Waals surface area contributed by atoms with Crippen molar-refractivity contribution in [1.82, 2.24) is 0 Å². The van der Waals surface area contributed by atoms with Gasteiger partial charge in [-0.1, -0.05) is 0 Å². The van der Waals surface area contributed by atoms with E-state index in [0.717, 1.165) is 11.8 Å². The van der Waals surface area contributed by atoms with Crippen molar-refractivity contribution in [2.24, 2.45) is 0 Å². The molecule has 0 aliphatic carbocycles. The summed E-state index contributed by atoms with van der Waals surface area (Å²) in [5, 5.41) is 0. The lowest BCUT2D eigenvalue weighted by Crippen LogP contribution is -2.08. The Morgan fingerprint density at radius 2 is 2.19 bits per heavy atom. The first-order valence-corrected chi connectivity index (χ1v) is 5.95. The number of ether oxygens (including phenoxy) is 2. The van der Waals surface area contributed by atoms with Crippen molar-refractivity contribution in [1.29, 1.82) is 0 Å². The first-order chi connectivity index (χ1) is 7.65. The van der Waals surface area contributed by atoms with Crippen LogP contribution in [0.4, 0.5) is 4.39 Å². The van der Waals surface area contributed by atoms with Crippen LogP contribution in [-0.4, -0.2) is 25.9 Å². The summed E-state index contributed by atoms with van der Waals surface area (Å²) in [7, 11) is 1.26. The van der Waals surface area contributed by atoms with Gasteiger partial charge in [0.1, 0.15) is 17.1 Å². The third-order valence-corrected chi connectivity index (χ3v) is 2.77. The number of rotatable bonds is 4. The van der Waals surface area contributed by atoms with Crippen molar-refractivity contribution < 1.29 is 18.7 Å². The predicted octanol–water partition coefficient (Wildman–Crippen LogP) is 2.73. The van der Waals surface area contributed by atoms with E-state index in [4.69, 9.17) is 4.74 Å². The second-order valence-electron chi connectivity index (χ2n) is 2.88. The molecule has 0 saturated heterocycles. The van der Waals surface area contributed by atoms with Gasteiger partial charge < -0.3 is 9.47 Å². The molecule has 0 fully saturated rings.